The Morgan fingerprint density at radius 3 is 2.24 bits per heavy atom. The van der Waals surface area contributed by atoms with E-state index < -0.39 is 52.7 Å². The molecule has 0 spiro atoms. The number of hydrogen-bond acceptors (Lipinski definition) is 7. The molecular formula is C41H33ClN2O7. The van der Waals surface area contributed by atoms with Crippen LogP contribution in [-0.2, 0) is 24.6 Å². The van der Waals surface area contributed by atoms with Crippen LogP contribution in [0.15, 0.2) is 109 Å². The highest BCUT2D eigenvalue weighted by molar-refractivity contribution is 6.32. The molecule has 0 radical (unpaired) electrons. The fourth-order valence-corrected chi connectivity index (χ4v) is 9.31. The molecule has 4 aliphatic rings. The van der Waals surface area contributed by atoms with E-state index in [0.29, 0.717) is 38.7 Å². The van der Waals surface area contributed by atoms with Crippen LogP contribution in [0.25, 0.3) is 0 Å². The third-order valence-electron chi connectivity index (χ3n) is 11.3. The van der Waals surface area contributed by atoms with Crippen molar-refractivity contribution in [3.05, 3.63) is 130 Å². The zero-order valence-electron chi connectivity index (χ0n) is 27.8. The fourth-order valence-electron chi connectivity index (χ4n) is 9.12. The van der Waals surface area contributed by atoms with Gasteiger partial charge < -0.3 is 9.84 Å². The molecule has 1 saturated carbocycles. The van der Waals surface area contributed by atoms with E-state index >= 15 is 4.79 Å². The van der Waals surface area contributed by atoms with Gasteiger partial charge in [-0.15, -0.1) is 0 Å². The number of ether oxygens (including phenoxy) is 1. The lowest BCUT2D eigenvalue weighted by molar-refractivity contribution is -0.127. The predicted molar refractivity (Wildman–Crippen MR) is 190 cm³/mol. The highest BCUT2D eigenvalue weighted by atomic mass is 35.5. The van der Waals surface area contributed by atoms with Gasteiger partial charge in [0.15, 0.2) is 17.3 Å². The number of halogens is 1. The van der Waals surface area contributed by atoms with E-state index in [9.17, 15) is 24.3 Å². The number of Topliss-reactive ketones (excluding diaryl/α,β-unsaturated/α-hetero) is 1. The first-order valence-electron chi connectivity index (χ1n) is 16.8. The number of carbonyl (C=O) groups is 5. The molecular weight excluding hydrogens is 668 g/mol. The van der Waals surface area contributed by atoms with Crippen molar-refractivity contribution in [3.8, 4) is 11.5 Å². The normalized spacial score (nSPS) is 26.8. The number of nitrogens with zero attached hydrogens (tertiary/aromatic N) is 2. The molecule has 2 saturated heterocycles. The molecule has 10 heteroatoms. The quantitative estimate of drug-likeness (QED) is 0.136. The van der Waals surface area contributed by atoms with E-state index in [0.717, 1.165) is 0 Å². The molecule has 0 bridgehead atoms. The van der Waals surface area contributed by atoms with Crippen LogP contribution in [-0.4, -0.2) is 41.6 Å². The van der Waals surface area contributed by atoms with Gasteiger partial charge in [0.25, 0.3) is 0 Å². The van der Waals surface area contributed by atoms with Gasteiger partial charge in [-0.2, -0.15) is 0 Å². The Hall–Kier alpha value is -5.54. The number of carbonyl (C=O) groups excluding carboxylic acids is 5. The Kier molecular flexibility index (Phi) is 7.72. The lowest BCUT2D eigenvalue weighted by Gasteiger charge is -2.50. The zero-order chi connectivity index (χ0) is 35.8. The minimum atomic E-state index is -1.53. The second kappa shape index (κ2) is 12.1. The standard InChI is InChI=1S/C41H33ClN2O7/c1-22(45)23-14-16-26(17-15-23)43-37(47)29-19-18-28-31(34(29)39(43)49)21-32-38(48)44(27-11-6-10-25(42)20-27)40(50)41(32,24-8-4-3-5-9-24)35(28)30-12-7-13-33(51-2)36(30)46/h3-18,20,29,31-32,34-35,46H,19,21H2,1-2H3/t29-,31+,32-,34-,35+,41+/m0/s1. The van der Waals surface area contributed by atoms with E-state index in [1.807, 2.05) is 36.4 Å². The molecule has 3 fully saturated rings. The summed E-state index contributed by atoms with van der Waals surface area (Å²) < 4.78 is 5.53. The summed E-state index contributed by atoms with van der Waals surface area (Å²) in [6, 6.07) is 27.1. The highest BCUT2D eigenvalue weighted by Crippen LogP contribution is 2.65. The van der Waals surface area contributed by atoms with E-state index in [1.54, 1.807) is 66.7 Å². The predicted octanol–water partition coefficient (Wildman–Crippen LogP) is 6.62. The largest absolute Gasteiger partial charge is 0.504 e. The highest BCUT2D eigenvalue weighted by Gasteiger charge is 2.70. The molecule has 2 aliphatic carbocycles. The number of fused-ring (bicyclic) bond motifs is 4. The second-order valence-electron chi connectivity index (χ2n) is 13.6. The van der Waals surface area contributed by atoms with E-state index in [1.165, 1.54) is 23.8 Å². The smallest absolute Gasteiger partial charge is 0.246 e. The SMILES string of the molecule is COc1cccc([C@H]2C3=CC[C@@H]4C(=O)N(c5ccc(C(C)=O)cc5)C(=O)[C@@H]4[C@@H]3C[C@H]3C(=O)N(c4cccc(Cl)c4)C(=O)[C@@]23c2ccccc2)c1O. The molecule has 1 N–H and O–H groups in total. The number of phenols is 1. The Labute approximate surface area is 299 Å². The Balaban J connectivity index is 1.34. The molecule has 0 unspecified atom stereocenters. The van der Waals surface area contributed by atoms with Crippen LogP contribution < -0.4 is 14.5 Å². The maximum Gasteiger partial charge on any atom is 0.246 e. The number of ketones is 1. The molecule has 6 atom stereocenters. The van der Waals surface area contributed by atoms with Gasteiger partial charge in [0.1, 0.15) is 0 Å². The summed E-state index contributed by atoms with van der Waals surface area (Å²) in [4.78, 5) is 73.1. The summed E-state index contributed by atoms with van der Waals surface area (Å²) in [7, 11) is 1.44. The van der Waals surface area contributed by atoms with Crippen LogP contribution in [0, 0.1) is 23.7 Å². The summed E-state index contributed by atoms with van der Waals surface area (Å²) in [5.41, 5.74) is 1.28. The lowest BCUT2D eigenvalue weighted by Crippen LogP contribution is -2.53. The summed E-state index contributed by atoms with van der Waals surface area (Å²) in [6.07, 6.45) is 2.27. The second-order valence-corrected chi connectivity index (χ2v) is 14.0. The number of methoxy groups -OCH3 is 1. The van der Waals surface area contributed by atoms with Gasteiger partial charge in [-0.05, 0) is 79.8 Å². The monoisotopic (exact) mass is 700 g/mol. The van der Waals surface area contributed by atoms with Gasteiger partial charge in [-0.25, -0.2) is 4.90 Å². The molecule has 2 heterocycles. The lowest BCUT2D eigenvalue weighted by atomic mass is 9.49. The molecule has 9 nitrogen and oxygen atoms in total. The van der Waals surface area contributed by atoms with Crippen molar-refractivity contribution in [2.24, 2.45) is 23.7 Å². The van der Waals surface area contributed by atoms with Gasteiger partial charge in [0, 0.05) is 22.1 Å². The molecule has 0 aromatic heterocycles. The Morgan fingerprint density at radius 1 is 0.824 bits per heavy atom. The van der Waals surface area contributed by atoms with Crippen LogP contribution in [0.5, 0.6) is 11.5 Å². The number of aromatic hydroxyl groups is 1. The summed E-state index contributed by atoms with van der Waals surface area (Å²) >= 11 is 6.38. The third-order valence-corrected chi connectivity index (χ3v) is 11.5. The van der Waals surface area contributed by atoms with E-state index in [4.69, 9.17) is 16.3 Å². The van der Waals surface area contributed by atoms with Gasteiger partial charge in [-0.3, -0.25) is 28.9 Å². The van der Waals surface area contributed by atoms with Crippen molar-refractivity contribution >= 4 is 52.4 Å². The Bertz CT molecular complexity index is 2180. The van der Waals surface area contributed by atoms with Gasteiger partial charge in [-0.1, -0.05) is 71.8 Å². The first-order chi connectivity index (χ1) is 24.6. The maximum absolute atomic E-state index is 15.3. The number of allylic oxidation sites excluding steroid dienone is 2. The maximum atomic E-state index is 15.3. The number of amides is 4. The number of rotatable bonds is 6. The molecule has 51 heavy (non-hydrogen) atoms. The van der Waals surface area contributed by atoms with Crippen molar-refractivity contribution in [1.29, 1.82) is 0 Å². The van der Waals surface area contributed by atoms with Crippen molar-refractivity contribution < 1.29 is 33.8 Å². The van der Waals surface area contributed by atoms with Crippen LogP contribution >= 0.6 is 11.6 Å². The average Bonchev–Trinajstić information content (AvgIpc) is 3.53. The molecule has 256 valence electrons. The third kappa shape index (κ3) is 4.64. The van der Waals surface area contributed by atoms with Crippen molar-refractivity contribution in [2.45, 2.75) is 31.1 Å². The molecule has 4 aromatic rings. The number of hydrogen-bond donors (Lipinski definition) is 1. The minimum absolute atomic E-state index is 0.112. The van der Waals surface area contributed by atoms with Gasteiger partial charge in [0.2, 0.25) is 23.6 Å². The zero-order valence-corrected chi connectivity index (χ0v) is 28.5. The van der Waals surface area contributed by atoms with Crippen LogP contribution in [0.2, 0.25) is 5.02 Å². The number of imide groups is 2. The Morgan fingerprint density at radius 2 is 1.55 bits per heavy atom. The number of phenolic OH excluding ortho intramolecular Hbond substituents is 1. The summed E-state index contributed by atoms with van der Waals surface area (Å²) in [5, 5.41) is 12.1. The van der Waals surface area contributed by atoms with Gasteiger partial charge in [0.05, 0.1) is 41.7 Å². The summed E-state index contributed by atoms with van der Waals surface area (Å²) in [6.45, 7) is 1.45. The van der Waals surface area contributed by atoms with Crippen molar-refractivity contribution in [1.82, 2.24) is 0 Å². The topological polar surface area (TPSA) is 121 Å². The van der Waals surface area contributed by atoms with Crippen LogP contribution in [0.4, 0.5) is 11.4 Å². The number of benzene rings is 4. The first-order valence-corrected chi connectivity index (χ1v) is 17.2. The van der Waals surface area contributed by atoms with Crippen LogP contribution in [0.3, 0.4) is 0 Å². The van der Waals surface area contributed by atoms with Crippen LogP contribution in [0.1, 0.15) is 47.2 Å². The molecule has 8 rings (SSSR count). The van der Waals surface area contributed by atoms with Gasteiger partial charge >= 0.3 is 0 Å². The number of anilines is 2. The fraction of sp³-hybridized carbons (Fsp3) is 0.244. The molecule has 4 amide bonds. The number of para-hydroxylation sites is 1. The minimum Gasteiger partial charge on any atom is -0.504 e. The average molecular weight is 701 g/mol. The first kappa shape index (κ1) is 32.7. The molecule has 4 aromatic carbocycles. The van der Waals surface area contributed by atoms with E-state index in [-0.39, 0.29) is 36.0 Å². The summed E-state index contributed by atoms with van der Waals surface area (Å²) in [5.74, 6) is -5.82. The van der Waals surface area contributed by atoms with Crippen molar-refractivity contribution in [2.75, 3.05) is 16.9 Å². The van der Waals surface area contributed by atoms with E-state index in [2.05, 4.69) is 0 Å². The molecule has 2 aliphatic heterocycles. The van der Waals surface area contributed by atoms with Crippen molar-refractivity contribution in [3.63, 3.8) is 0 Å².